The Balaban J connectivity index is 2.57. The zero-order valence-corrected chi connectivity index (χ0v) is 11.2. The summed E-state index contributed by atoms with van der Waals surface area (Å²) in [4.78, 5) is 4.00. The minimum absolute atomic E-state index is 0.143. The fourth-order valence-electron chi connectivity index (χ4n) is 1.46. The Bertz CT molecular complexity index is 354. The van der Waals surface area contributed by atoms with Gasteiger partial charge in [0.2, 0.25) is 0 Å². The van der Waals surface area contributed by atoms with E-state index < -0.39 is 11.2 Å². The molecule has 18 heavy (non-hydrogen) atoms. The zero-order chi connectivity index (χ0) is 13.6. The SMILES string of the molecule is CCCOCCC(NC)c1cnc(C(F)(F)F)s1. The highest BCUT2D eigenvalue weighted by Gasteiger charge is 2.35. The lowest BCUT2D eigenvalue weighted by Crippen LogP contribution is -2.17. The maximum atomic E-state index is 12.4. The fourth-order valence-corrected chi connectivity index (χ4v) is 2.38. The number of halogens is 3. The molecule has 0 aliphatic carbocycles. The van der Waals surface area contributed by atoms with Gasteiger partial charge in [0.25, 0.3) is 0 Å². The lowest BCUT2D eigenvalue weighted by Gasteiger charge is -2.13. The zero-order valence-electron chi connectivity index (χ0n) is 10.4. The molecule has 1 N–H and O–H groups in total. The minimum Gasteiger partial charge on any atom is -0.381 e. The van der Waals surface area contributed by atoms with Gasteiger partial charge < -0.3 is 10.1 Å². The third-order valence-corrected chi connectivity index (χ3v) is 3.51. The summed E-state index contributed by atoms with van der Waals surface area (Å²) in [6, 6.07) is -0.143. The van der Waals surface area contributed by atoms with Gasteiger partial charge in [0.15, 0.2) is 5.01 Å². The van der Waals surface area contributed by atoms with Gasteiger partial charge in [-0.1, -0.05) is 6.92 Å². The van der Waals surface area contributed by atoms with Gasteiger partial charge in [0.05, 0.1) is 0 Å². The van der Waals surface area contributed by atoms with Gasteiger partial charge in [-0.3, -0.25) is 0 Å². The van der Waals surface area contributed by atoms with Crippen molar-refractivity contribution in [1.29, 1.82) is 0 Å². The first-order valence-corrected chi connectivity index (χ1v) is 6.58. The molecule has 0 saturated heterocycles. The first kappa shape index (κ1) is 15.4. The number of hydrogen-bond acceptors (Lipinski definition) is 4. The highest BCUT2D eigenvalue weighted by molar-refractivity contribution is 7.11. The van der Waals surface area contributed by atoms with Gasteiger partial charge in [0, 0.05) is 30.3 Å². The predicted octanol–water partition coefficient (Wildman–Crippen LogP) is 3.24. The summed E-state index contributed by atoms with van der Waals surface area (Å²) < 4.78 is 42.6. The molecule has 0 aliphatic rings. The molecule has 1 aromatic rings. The van der Waals surface area contributed by atoms with Crippen molar-refractivity contribution in [3.63, 3.8) is 0 Å². The van der Waals surface area contributed by atoms with Crippen molar-refractivity contribution in [2.75, 3.05) is 20.3 Å². The summed E-state index contributed by atoms with van der Waals surface area (Å²) in [5.74, 6) is 0. The van der Waals surface area contributed by atoms with E-state index >= 15 is 0 Å². The van der Waals surface area contributed by atoms with E-state index in [1.54, 1.807) is 7.05 Å². The molecule has 0 aliphatic heterocycles. The van der Waals surface area contributed by atoms with Crippen LogP contribution in [0.4, 0.5) is 13.2 Å². The lowest BCUT2D eigenvalue weighted by atomic mass is 10.2. The molecule has 0 saturated carbocycles. The highest BCUT2D eigenvalue weighted by Crippen LogP contribution is 2.34. The fraction of sp³-hybridized carbons (Fsp3) is 0.727. The first-order valence-electron chi connectivity index (χ1n) is 5.77. The molecule has 104 valence electrons. The number of aromatic nitrogens is 1. The molecule has 3 nitrogen and oxygen atoms in total. The van der Waals surface area contributed by atoms with Crippen molar-refractivity contribution in [1.82, 2.24) is 10.3 Å². The van der Waals surface area contributed by atoms with E-state index in [0.717, 1.165) is 6.42 Å². The molecule has 1 atom stereocenters. The minimum atomic E-state index is -4.36. The summed E-state index contributed by atoms with van der Waals surface area (Å²) in [7, 11) is 1.72. The van der Waals surface area contributed by atoms with Crippen LogP contribution in [0.2, 0.25) is 0 Å². The normalized spacial score (nSPS) is 13.8. The van der Waals surface area contributed by atoms with Crippen LogP contribution in [0.5, 0.6) is 0 Å². The molecule has 0 spiro atoms. The number of rotatable bonds is 7. The summed E-state index contributed by atoms with van der Waals surface area (Å²) in [6.07, 6.45) is -1.51. The quantitative estimate of drug-likeness (QED) is 0.780. The Kier molecular flexibility index (Phi) is 6.04. The van der Waals surface area contributed by atoms with Crippen molar-refractivity contribution in [2.45, 2.75) is 32.0 Å². The van der Waals surface area contributed by atoms with Gasteiger partial charge in [-0.05, 0) is 19.9 Å². The lowest BCUT2D eigenvalue weighted by molar-refractivity contribution is -0.137. The van der Waals surface area contributed by atoms with Crippen LogP contribution in [-0.4, -0.2) is 25.2 Å². The second kappa shape index (κ2) is 7.06. The van der Waals surface area contributed by atoms with Crippen LogP contribution >= 0.6 is 11.3 Å². The van der Waals surface area contributed by atoms with Gasteiger partial charge in [-0.25, -0.2) is 4.98 Å². The molecule has 0 radical (unpaired) electrons. The van der Waals surface area contributed by atoms with Crippen LogP contribution in [0.3, 0.4) is 0 Å². The Labute approximate surface area is 108 Å². The van der Waals surface area contributed by atoms with Crippen molar-refractivity contribution in [3.05, 3.63) is 16.1 Å². The molecule has 1 rings (SSSR count). The standard InChI is InChI=1S/C11H17F3N2OS/c1-3-5-17-6-4-8(15-2)9-7-16-10(18-9)11(12,13)14/h7-8,15H,3-6H2,1-2H3. The van der Waals surface area contributed by atoms with Gasteiger partial charge in [-0.2, -0.15) is 13.2 Å². The average Bonchev–Trinajstić information content (AvgIpc) is 2.78. The number of alkyl halides is 3. The van der Waals surface area contributed by atoms with Gasteiger partial charge >= 0.3 is 6.18 Å². The largest absolute Gasteiger partial charge is 0.443 e. The Morgan fingerprint density at radius 2 is 2.17 bits per heavy atom. The van der Waals surface area contributed by atoms with E-state index in [2.05, 4.69) is 10.3 Å². The molecule has 0 bridgehead atoms. The number of nitrogens with one attached hydrogen (secondary N) is 1. The molecule has 1 heterocycles. The Morgan fingerprint density at radius 1 is 1.44 bits per heavy atom. The summed E-state index contributed by atoms with van der Waals surface area (Å²) in [5.41, 5.74) is 0. The topological polar surface area (TPSA) is 34.1 Å². The maximum Gasteiger partial charge on any atom is 0.443 e. The van der Waals surface area contributed by atoms with E-state index in [9.17, 15) is 13.2 Å². The van der Waals surface area contributed by atoms with E-state index in [-0.39, 0.29) is 6.04 Å². The van der Waals surface area contributed by atoms with Gasteiger partial charge in [0.1, 0.15) is 0 Å². The number of nitrogens with zero attached hydrogens (tertiary/aromatic N) is 1. The molecule has 0 fully saturated rings. The smallest absolute Gasteiger partial charge is 0.381 e. The van der Waals surface area contributed by atoms with E-state index in [1.807, 2.05) is 6.92 Å². The van der Waals surface area contributed by atoms with Crippen LogP contribution < -0.4 is 5.32 Å². The Morgan fingerprint density at radius 3 is 2.67 bits per heavy atom. The summed E-state index contributed by atoms with van der Waals surface area (Å²) in [6.45, 7) is 3.21. The molecule has 0 aromatic carbocycles. The van der Waals surface area contributed by atoms with E-state index in [4.69, 9.17) is 4.74 Å². The predicted molar refractivity (Wildman–Crippen MR) is 64.6 cm³/mol. The number of hydrogen-bond donors (Lipinski definition) is 1. The van der Waals surface area contributed by atoms with Crippen molar-refractivity contribution >= 4 is 11.3 Å². The molecular weight excluding hydrogens is 265 g/mol. The van der Waals surface area contributed by atoms with E-state index in [0.29, 0.717) is 35.8 Å². The maximum absolute atomic E-state index is 12.4. The second-order valence-corrected chi connectivity index (χ2v) is 4.87. The molecular formula is C11H17F3N2OS. The summed E-state index contributed by atoms with van der Waals surface area (Å²) in [5, 5.41) is 2.18. The average molecular weight is 282 g/mol. The van der Waals surface area contributed by atoms with Gasteiger partial charge in [-0.15, -0.1) is 11.3 Å². The van der Waals surface area contributed by atoms with Crippen LogP contribution in [0.1, 0.15) is 35.7 Å². The molecule has 0 amide bonds. The van der Waals surface area contributed by atoms with Crippen LogP contribution in [-0.2, 0) is 10.9 Å². The molecule has 1 aromatic heterocycles. The van der Waals surface area contributed by atoms with Crippen molar-refractivity contribution in [2.24, 2.45) is 0 Å². The Hall–Kier alpha value is -0.660. The van der Waals surface area contributed by atoms with Crippen molar-refractivity contribution < 1.29 is 17.9 Å². The monoisotopic (exact) mass is 282 g/mol. The second-order valence-electron chi connectivity index (χ2n) is 3.81. The highest BCUT2D eigenvalue weighted by atomic mass is 32.1. The van der Waals surface area contributed by atoms with E-state index in [1.165, 1.54) is 6.20 Å². The van der Waals surface area contributed by atoms with Crippen LogP contribution in [0.25, 0.3) is 0 Å². The third kappa shape index (κ3) is 4.55. The van der Waals surface area contributed by atoms with Crippen molar-refractivity contribution in [3.8, 4) is 0 Å². The molecule has 1 unspecified atom stereocenters. The van der Waals surface area contributed by atoms with Crippen LogP contribution in [0.15, 0.2) is 6.20 Å². The number of thiazole rings is 1. The van der Waals surface area contributed by atoms with Crippen LogP contribution in [0, 0.1) is 0 Å². The molecule has 7 heteroatoms. The first-order chi connectivity index (χ1) is 8.49. The summed E-state index contributed by atoms with van der Waals surface area (Å²) >= 11 is 0.682. The third-order valence-electron chi connectivity index (χ3n) is 2.36. The number of ether oxygens (including phenoxy) is 1.